The van der Waals surface area contributed by atoms with Gasteiger partial charge in [-0.1, -0.05) is 0 Å². The molecule has 1 saturated heterocycles. The summed E-state index contributed by atoms with van der Waals surface area (Å²) >= 11 is 0. The molecule has 114 valence electrons. The normalized spacial score (nSPS) is 16.7. The van der Waals surface area contributed by atoms with E-state index in [1.807, 2.05) is 19.3 Å². The molecule has 0 atom stereocenters. The first kappa shape index (κ1) is 13.3. The summed E-state index contributed by atoms with van der Waals surface area (Å²) in [5.74, 6) is 0.539. The highest BCUT2D eigenvalue weighted by molar-refractivity contribution is 6.12. The van der Waals surface area contributed by atoms with Gasteiger partial charge in [0.2, 0.25) is 0 Å². The van der Waals surface area contributed by atoms with Gasteiger partial charge < -0.3 is 20.9 Å². The molecule has 6 heteroatoms. The second-order valence-corrected chi connectivity index (χ2v) is 5.88. The van der Waals surface area contributed by atoms with Gasteiger partial charge in [-0.2, -0.15) is 0 Å². The van der Waals surface area contributed by atoms with Crippen LogP contribution < -0.4 is 16.0 Å². The number of H-pyrrole nitrogens is 1. The van der Waals surface area contributed by atoms with Crippen LogP contribution in [0, 0.1) is 0 Å². The number of fused-ring (bicyclic) bond motifs is 3. The summed E-state index contributed by atoms with van der Waals surface area (Å²) in [5, 5.41) is 5.62. The molecule has 0 saturated carbocycles. The van der Waals surface area contributed by atoms with E-state index < -0.39 is 0 Å². The average Bonchev–Trinajstić information content (AvgIpc) is 2.93. The third-order valence-corrected chi connectivity index (χ3v) is 4.62. The third kappa shape index (κ3) is 2.07. The molecular weight excluding hydrogens is 276 g/mol. The predicted molar refractivity (Wildman–Crippen MR) is 90.1 cm³/mol. The van der Waals surface area contributed by atoms with Crippen molar-refractivity contribution < 1.29 is 0 Å². The number of piperidine rings is 1. The number of nitrogens with zero attached hydrogens (tertiary/aromatic N) is 3. The van der Waals surface area contributed by atoms with Crippen LogP contribution in [0.4, 0.5) is 11.5 Å². The summed E-state index contributed by atoms with van der Waals surface area (Å²) < 4.78 is 0. The van der Waals surface area contributed by atoms with Crippen LogP contribution in [0.25, 0.3) is 21.9 Å². The van der Waals surface area contributed by atoms with E-state index in [0.717, 1.165) is 47.9 Å². The molecule has 0 bridgehead atoms. The number of hydrogen-bond donors (Lipinski definition) is 3. The third-order valence-electron chi connectivity index (χ3n) is 4.62. The summed E-state index contributed by atoms with van der Waals surface area (Å²) in [7, 11) is 2.04. The number of hydrogen-bond acceptors (Lipinski definition) is 5. The first-order valence-electron chi connectivity index (χ1n) is 7.70. The molecule has 1 aliphatic heterocycles. The molecule has 4 rings (SSSR count). The van der Waals surface area contributed by atoms with Gasteiger partial charge in [-0.3, -0.25) is 0 Å². The highest BCUT2D eigenvalue weighted by atomic mass is 15.2. The molecule has 0 aromatic carbocycles. The topological polar surface area (TPSA) is 82.9 Å². The Hall–Kier alpha value is -2.34. The molecule has 3 aromatic rings. The molecule has 22 heavy (non-hydrogen) atoms. The van der Waals surface area contributed by atoms with E-state index in [1.54, 1.807) is 6.20 Å². The van der Waals surface area contributed by atoms with Gasteiger partial charge in [-0.05, 0) is 32.0 Å². The van der Waals surface area contributed by atoms with Crippen molar-refractivity contribution in [3.8, 4) is 0 Å². The molecule has 6 nitrogen and oxygen atoms in total. The minimum atomic E-state index is 0.539. The van der Waals surface area contributed by atoms with Gasteiger partial charge in [0, 0.05) is 36.4 Å². The van der Waals surface area contributed by atoms with E-state index in [4.69, 9.17) is 5.73 Å². The summed E-state index contributed by atoms with van der Waals surface area (Å²) in [5.41, 5.74) is 8.98. The number of aromatic nitrogens is 3. The fourth-order valence-electron chi connectivity index (χ4n) is 3.39. The molecule has 4 heterocycles. The zero-order valence-electron chi connectivity index (χ0n) is 12.6. The van der Waals surface area contributed by atoms with Crippen molar-refractivity contribution in [1.29, 1.82) is 0 Å². The smallest absolute Gasteiger partial charge is 0.140 e. The lowest BCUT2D eigenvalue weighted by atomic mass is 10.0. The Morgan fingerprint density at radius 1 is 1.32 bits per heavy atom. The standard InChI is InChI=1S/C16H20N6/c1-18-10-3-6-22(7-4-10)13-2-5-19-16-15(13)11-8-14(17)20-9-12(11)21-16/h2,5,8-10,18H,3-4,6-7H2,1H3,(H2,17,20)(H,19,21). The van der Waals surface area contributed by atoms with Gasteiger partial charge in [0.1, 0.15) is 11.5 Å². The largest absolute Gasteiger partial charge is 0.384 e. The molecule has 4 N–H and O–H groups in total. The van der Waals surface area contributed by atoms with Crippen LogP contribution in [0.1, 0.15) is 12.8 Å². The van der Waals surface area contributed by atoms with Gasteiger partial charge >= 0.3 is 0 Å². The van der Waals surface area contributed by atoms with Gasteiger partial charge in [0.15, 0.2) is 0 Å². The maximum absolute atomic E-state index is 5.87. The Labute approximate surface area is 128 Å². The number of pyridine rings is 2. The average molecular weight is 296 g/mol. The summed E-state index contributed by atoms with van der Waals surface area (Å²) in [6.45, 7) is 2.11. The van der Waals surface area contributed by atoms with E-state index in [0.29, 0.717) is 11.9 Å². The van der Waals surface area contributed by atoms with Crippen molar-refractivity contribution in [2.75, 3.05) is 30.8 Å². The van der Waals surface area contributed by atoms with Crippen molar-refractivity contribution in [1.82, 2.24) is 20.3 Å². The van der Waals surface area contributed by atoms with Crippen LogP contribution in [0.2, 0.25) is 0 Å². The second kappa shape index (κ2) is 5.14. The SMILES string of the molecule is CNC1CCN(c2ccnc3[nH]c4cnc(N)cc4c23)CC1. The monoisotopic (exact) mass is 296 g/mol. The van der Waals surface area contributed by atoms with Crippen LogP contribution in [0.15, 0.2) is 24.5 Å². The van der Waals surface area contributed by atoms with E-state index in [2.05, 4.69) is 31.2 Å². The minimum Gasteiger partial charge on any atom is -0.384 e. The molecular formula is C16H20N6. The minimum absolute atomic E-state index is 0.539. The molecule has 3 aromatic heterocycles. The second-order valence-electron chi connectivity index (χ2n) is 5.88. The zero-order valence-corrected chi connectivity index (χ0v) is 12.6. The Bertz CT molecular complexity index is 816. The summed E-state index contributed by atoms with van der Waals surface area (Å²) in [6.07, 6.45) is 5.97. The summed E-state index contributed by atoms with van der Waals surface area (Å²) in [4.78, 5) is 14.4. The van der Waals surface area contributed by atoms with Crippen LogP contribution in [0.5, 0.6) is 0 Å². The Morgan fingerprint density at radius 2 is 2.14 bits per heavy atom. The zero-order chi connectivity index (χ0) is 15.1. The van der Waals surface area contributed by atoms with E-state index in [-0.39, 0.29) is 0 Å². The number of nitrogen functional groups attached to an aromatic ring is 1. The molecule has 1 aliphatic rings. The lowest BCUT2D eigenvalue weighted by molar-refractivity contribution is 0.443. The highest BCUT2D eigenvalue weighted by Crippen LogP contribution is 2.34. The van der Waals surface area contributed by atoms with Gasteiger partial charge in [-0.25, -0.2) is 9.97 Å². The maximum atomic E-state index is 5.87. The Morgan fingerprint density at radius 3 is 2.91 bits per heavy atom. The summed E-state index contributed by atoms with van der Waals surface area (Å²) in [6, 6.07) is 4.66. The van der Waals surface area contributed by atoms with Gasteiger partial charge in [0.05, 0.1) is 17.1 Å². The molecule has 0 unspecified atom stereocenters. The number of anilines is 2. The van der Waals surface area contributed by atoms with Gasteiger partial charge in [0.25, 0.3) is 0 Å². The van der Waals surface area contributed by atoms with Crippen LogP contribution in [-0.4, -0.2) is 41.1 Å². The molecule has 0 spiro atoms. The molecule has 0 amide bonds. The van der Waals surface area contributed by atoms with Crippen molar-refractivity contribution in [2.45, 2.75) is 18.9 Å². The number of nitrogens with two attached hydrogens (primary N) is 1. The first-order chi connectivity index (χ1) is 10.8. The maximum Gasteiger partial charge on any atom is 0.140 e. The van der Waals surface area contributed by atoms with Crippen LogP contribution in [-0.2, 0) is 0 Å². The lowest BCUT2D eigenvalue weighted by Gasteiger charge is -2.33. The molecule has 1 fully saturated rings. The quantitative estimate of drug-likeness (QED) is 0.672. The Balaban J connectivity index is 1.84. The predicted octanol–water partition coefficient (Wildman–Crippen LogP) is 1.88. The number of aromatic amines is 1. The van der Waals surface area contributed by atoms with Crippen molar-refractivity contribution in [3.63, 3.8) is 0 Å². The van der Waals surface area contributed by atoms with E-state index >= 15 is 0 Å². The van der Waals surface area contributed by atoms with Crippen molar-refractivity contribution in [3.05, 3.63) is 24.5 Å². The van der Waals surface area contributed by atoms with Gasteiger partial charge in [-0.15, -0.1) is 0 Å². The lowest BCUT2D eigenvalue weighted by Crippen LogP contribution is -2.41. The number of nitrogens with one attached hydrogen (secondary N) is 2. The van der Waals surface area contributed by atoms with E-state index in [9.17, 15) is 0 Å². The fraction of sp³-hybridized carbons (Fsp3) is 0.375. The van der Waals surface area contributed by atoms with Crippen LogP contribution >= 0.6 is 0 Å². The van der Waals surface area contributed by atoms with Crippen LogP contribution in [0.3, 0.4) is 0 Å². The van der Waals surface area contributed by atoms with E-state index in [1.165, 1.54) is 5.69 Å². The Kier molecular flexibility index (Phi) is 3.11. The highest BCUT2D eigenvalue weighted by Gasteiger charge is 2.21. The molecule has 0 aliphatic carbocycles. The molecule has 0 radical (unpaired) electrons. The van der Waals surface area contributed by atoms with Crippen molar-refractivity contribution >= 4 is 33.4 Å². The van der Waals surface area contributed by atoms with Crippen molar-refractivity contribution in [2.24, 2.45) is 0 Å². The first-order valence-corrected chi connectivity index (χ1v) is 7.70. The fourth-order valence-corrected chi connectivity index (χ4v) is 3.39. The number of rotatable bonds is 2.